The molecule has 1 aliphatic heterocycles. The van der Waals surface area contributed by atoms with Gasteiger partial charge >= 0.3 is 0 Å². The van der Waals surface area contributed by atoms with Crippen molar-refractivity contribution in [2.75, 3.05) is 24.6 Å². The van der Waals surface area contributed by atoms with E-state index >= 15 is 0 Å². The molecule has 1 aromatic carbocycles. The summed E-state index contributed by atoms with van der Waals surface area (Å²) in [5.41, 5.74) is 1.33. The lowest BCUT2D eigenvalue weighted by Crippen LogP contribution is -2.39. The summed E-state index contributed by atoms with van der Waals surface area (Å²) in [6, 6.07) is 8.88. The van der Waals surface area contributed by atoms with Crippen LogP contribution in [0.25, 0.3) is 0 Å². The van der Waals surface area contributed by atoms with Crippen LogP contribution in [0.2, 0.25) is 0 Å². The van der Waals surface area contributed by atoms with Gasteiger partial charge in [0.25, 0.3) is 0 Å². The Balaban J connectivity index is 2.04. The van der Waals surface area contributed by atoms with Crippen LogP contribution in [-0.2, 0) is 10.8 Å². The predicted molar refractivity (Wildman–Crippen MR) is 72.0 cm³/mol. The molecule has 2 rings (SSSR count). The number of hydrogen-bond donors (Lipinski definition) is 0. The largest absolute Gasteiger partial charge is 0.295 e. The molecule has 0 amide bonds. The van der Waals surface area contributed by atoms with Gasteiger partial charge < -0.3 is 0 Å². The molecule has 88 valence electrons. The van der Waals surface area contributed by atoms with E-state index in [-0.39, 0.29) is 0 Å². The van der Waals surface area contributed by atoms with E-state index in [0.29, 0.717) is 6.04 Å². The molecule has 0 N–H and O–H groups in total. The molecular formula is C12H16BrNOS. The van der Waals surface area contributed by atoms with E-state index in [1.165, 1.54) is 5.56 Å². The summed E-state index contributed by atoms with van der Waals surface area (Å²) in [5, 5.41) is 0. The molecule has 1 fully saturated rings. The van der Waals surface area contributed by atoms with Crippen molar-refractivity contribution < 1.29 is 4.21 Å². The first-order valence-electron chi connectivity index (χ1n) is 5.51. The fourth-order valence-electron chi connectivity index (χ4n) is 1.99. The van der Waals surface area contributed by atoms with Gasteiger partial charge in [0.15, 0.2) is 0 Å². The fraction of sp³-hybridized carbons (Fsp3) is 0.500. The van der Waals surface area contributed by atoms with Crippen molar-refractivity contribution in [3.05, 3.63) is 34.3 Å². The molecule has 2 nitrogen and oxygen atoms in total. The van der Waals surface area contributed by atoms with Crippen LogP contribution in [0.15, 0.2) is 28.7 Å². The van der Waals surface area contributed by atoms with E-state index in [2.05, 4.69) is 52.0 Å². The van der Waals surface area contributed by atoms with Gasteiger partial charge in [0.1, 0.15) is 0 Å². The second-order valence-electron chi connectivity index (χ2n) is 4.11. The molecule has 1 heterocycles. The summed E-state index contributed by atoms with van der Waals surface area (Å²) in [4.78, 5) is 2.41. The molecule has 0 saturated carbocycles. The average molecular weight is 302 g/mol. The third kappa shape index (κ3) is 2.93. The van der Waals surface area contributed by atoms with Gasteiger partial charge in [-0.05, 0) is 24.6 Å². The average Bonchev–Trinajstić information content (AvgIpc) is 2.30. The highest BCUT2D eigenvalue weighted by Gasteiger charge is 2.20. The zero-order valence-electron chi connectivity index (χ0n) is 9.36. The van der Waals surface area contributed by atoms with Crippen LogP contribution < -0.4 is 0 Å². The summed E-state index contributed by atoms with van der Waals surface area (Å²) in [6.45, 7) is 4.12. The van der Waals surface area contributed by atoms with Crippen molar-refractivity contribution in [2.45, 2.75) is 13.0 Å². The van der Waals surface area contributed by atoms with Gasteiger partial charge in [0.2, 0.25) is 0 Å². The van der Waals surface area contributed by atoms with Crippen molar-refractivity contribution >= 4 is 26.7 Å². The highest BCUT2D eigenvalue weighted by atomic mass is 79.9. The second kappa shape index (κ2) is 5.43. The zero-order chi connectivity index (χ0) is 11.5. The van der Waals surface area contributed by atoms with Crippen LogP contribution >= 0.6 is 15.9 Å². The van der Waals surface area contributed by atoms with E-state index < -0.39 is 10.8 Å². The molecule has 0 aromatic heterocycles. The fourth-order valence-corrected chi connectivity index (χ4v) is 3.34. The SMILES string of the molecule is C[C@@H](c1ccc(Br)cc1)N1CCS(=O)CC1. The molecule has 16 heavy (non-hydrogen) atoms. The first kappa shape index (κ1) is 12.3. The molecule has 0 spiro atoms. The highest BCUT2D eigenvalue weighted by molar-refractivity contribution is 9.10. The number of hydrogen-bond acceptors (Lipinski definition) is 2. The Kier molecular flexibility index (Phi) is 4.16. The van der Waals surface area contributed by atoms with Gasteiger partial charge in [-0.3, -0.25) is 9.11 Å². The Morgan fingerprint density at radius 3 is 2.38 bits per heavy atom. The lowest BCUT2D eigenvalue weighted by molar-refractivity contribution is 0.231. The predicted octanol–water partition coefficient (Wildman–Crippen LogP) is 2.57. The normalized spacial score (nSPS) is 20.9. The summed E-state index contributed by atoms with van der Waals surface area (Å²) in [6.07, 6.45) is 0. The Hall–Kier alpha value is -0.190. The maximum absolute atomic E-state index is 11.3. The Bertz CT molecular complexity index is 369. The summed E-state index contributed by atoms with van der Waals surface area (Å²) in [7, 11) is -0.587. The minimum absolute atomic E-state index is 0.422. The van der Waals surface area contributed by atoms with Gasteiger partial charge in [-0.1, -0.05) is 28.1 Å². The molecule has 4 heteroatoms. The third-order valence-corrected chi connectivity index (χ3v) is 4.92. The van der Waals surface area contributed by atoms with E-state index in [9.17, 15) is 4.21 Å². The number of nitrogens with zero attached hydrogens (tertiary/aromatic N) is 1. The number of halogens is 1. The van der Waals surface area contributed by atoms with Gasteiger partial charge in [-0.15, -0.1) is 0 Å². The molecule has 0 aliphatic carbocycles. The molecule has 0 radical (unpaired) electrons. The zero-order valence-corrected chi connectivity index (χ0v) is 11.8. The van der Waals surface area contributed by atoms with Crippen LogP contribution in [0.1, 0.15) is 18.5 Å². The summed E-state index contributed by atoms with van der Waals surface area (Å²) < 4.78 is 12.4. The Morgan fingerprint density at radius 2 is 1.81 bits per heavy atom. The van der Waals surface area contributed by atoms with Gasteiger partial charge in [0.05, 0.1) is 0 Å². The van der Waals surface area contributed by atoms with Crippen LogP contribution in [0.4, 0.5) is 0 Å². The molecule has 1 saturated heterocycles. The quantitative estimate of drug-likeness (QED) is 0.837. The first-order valence-corrected chi connectivity index (χ1v) is 7.79. The smallest absolute Gasteiger partial charge is 0.0363 e. The molecule has 1 aliphatic rings. The molecule has 0 unspecified atom stereocenters. The maximum Gasteiger partial charge on any atom is 0.0363 e. The van der Waals surface area contributed by atoms with Gasteiger partial charge in [0, 0.05) is 45.9 Å². The maximum atomic E-state index is 11.3. The van der Waals surface area contributed by atoms with Crippen LogP contribution in [-0.4, -0.2) is 33.7 Å². The summed E-state index contributed by atoms with van der Waals surface area (Å²) in [5.74, 6) is 1.64. The van der Waals surface area contributed by atoms with Crippen LogP contribution in [0.5, 0.6) is 0 Å². The minimum atomic E-state index is -0.587. The molecule has 0 bridgehead atoms. The van der Waals surface area contributed by atoms with E-state index in [4.69, 9.17) is 0 Å². The molecule has 1 aromatic rings. The third-order valence-electron chi connectivity index (χ3n) is 3.11. The van der Waals surface area contributed by atoms with Crippen molar-refractivity contribution in [3.8, 4) is 0 Å². The minimum Gasteiger partial charge on any atom is -0.295 e. The van der Waals surface area contributed by atoms with Crippen LogP contribution in [0.3, 0.4) is 0 Å². The lowest BCUT2D eigenvalue weighted by Gasteiger charge is -2.32. The summed E-state index contributed by atoms with van der Waals surface area (Å²) >= 11 is 3.44. The van der Waals surface area contributed by atoms with Crippen molar-refractivity contribution in [3.63, 3.8) is 0 Å². The number of rotatable bonds is 2. The first-order chi connectivity index (χ1) is 7.66. The standard InChI is InChI=1S/C12H16BrNOS/c1-10(11-2-4-12(13)5-3-11)14-6-8-16(15)9-7-14/h2-5,10H,6-9H2,1H3/t10-/m0/s1. The second-order valence-corrected chi connectivity index (χ2v) is 6.72. The monoisotopic (exact) mass is 301 g/mol. The van der Waals surface area contributed by atoms with Crippen molar-refractivity contribution in [1.29, 1.82) is 0 Å². The number of benzene rings is 1. The highest BCUT2D eigenvalue weighted by Crippen LogP contribution is 2.23. The van der Waals surface area contributed by atoms with Crippen LogP contribution in [0, 0.1) is 0 Å². The molecule has 1 atom stereocenters. The van der Waals surface area contributed by atoms with E-state index in [1.807, 2.05) is 0 Å². The molecular weight excluding hydrogens is 286 g/mol. The topological polar surface area (TPSA) is 20.3 Å². The van der Waals surface area contributed by atoms with Crippen molar-refractivity contribution in [2.24, 2.45) is 0 Å². The Labute approximate surface area is 108 Å². The van der Waals surface area contributed by atoms with E-state index in [1.54, 1.807) is 0 Å². The van der Waals surface area contributed by atoms with Crippen molar-refractivity contribution in [1.82, 2.24) is 4.90 Å². The Morgan fingerprint density at radius 1 is 1.25 bits per heavy atom. The van der Waals surface area contributed by atoms with E-state index in [0.717, 1.165) is 29.1 Å². The lowest BCUT2D eigenvalue weighted by atomic mass is 10.1. The van der Waals surface area contributed by atoms with Gasteiger partial charge in [-0.2, -0.15) is 0 Å². The van der Waals surface area contributed by atoms with Gasteiger partial charge in [-0.25, -0.2) is 0 Å².